The summed E-state index contributed by atoms with van der Waals surface area (Å²) < 4.78 is 0. The number of rotatable bonds is 4. The number of hydrogen-bond donors (Lipinski definition) is 0. The van der Waals surface area contributed by atoms with E-state index in [1.165, 1.54) is 12.8 Å². The lowest BCUT2D eigenvalue weighted by Gasteiger charge is -2.38. The Bertz CT molecular complexity index is 221. The molecule has 0 amide bonds. The number of Topliss-reactive ketones (excluding diaryl/α,β-unsaturated/α-hetero) is 1. The van der Waals surface area contributed by atoms with Gasteiger partial charge in [0, 0.05) is 6.42 Å². The van der Waals surface area contributed by atoms with Crippen LogP contribution in [0.2, 0.25) is 0 Å². The minimum atomic E-state index is 0.414. The number of carbonyl (C=O) groups is 1. The summed E-state index contributed by atoms with van der Waals surface area (Å²) in [4.78, 5) is 13.9. The molecular weight excluding hydrogens is 198 g/mol. The zero-order valence-corrected chi connectivity index (χ0v) is 11.4. The highest BCUT2D eigenvalue weighted by molar-refractivity contribution is 5.80. The third-order valence-electron chi connectivity index (χ3n) is 3.74. The smallest absolute Gasteiger partial charge is 0.146 e. The van der Waals surface area contributed by atoms with Crippen molar-refractivity contribution in [3.05, 3.63) is 0 Å². The molecule has 1 rings (SSSR count). The van der Waals surface area contributed by atoms with Gasteiger partial charge in [-0.25, -0.2) is 0 Å². The van der Waals surface area contributed by atoms with Crippen molar-refractivity contribution in [1.29, 1.82) is 0 Å². The zero-order valence-electron chi connectivity index (χ0n) is 11.4. The van der Waals surface area contributed by atoms with E-state index >= 15 is 0 Å². The van der Waals surface area contributed by atoms with Crippen molar-refractivity contribution in [3.63, 3.8) is 0 Å². The van der Waals surface area contributed by atoms with Crippen LogP contribution in [0.5, 0.6) is 0 Å². The van der Waals surface area contributed by atoms with Crippen LogP contribution in [0.25, 0.3) is 0 Å². The summed E-state index contributed by atoms with van der Waals surface area (Å²) in [6, 6.07) is 0. The molecule has 0 aromatic carbocycles. The molecule has 1 saturated heterocycles. The molecule has 0 atom stereocenters. The molecule has 0 spiro atoms. The molecule has 16 heavy (non-hydrogen) atoms. The molecule has 1 heterocycles. The fourth-order valence-electron chi connectivity index (χ4n) is 2.56. The van der Waals surface area contributed by atoms with Crippen LogP contribution in [0.15, 0.2) is 0 Å². The predicted octanol–water partition coefficient (Wildman–Crippen LogP) is 3.11. The molecule has 0 aromatic heterocycles. The first-order valence-electron chi connectivity index (χ1n) is 6.67. The summed E-state index contributed by atoms with van der Waals surface area (Å²) in [6.45, 7) is 12.0. The van der Waals surface area contributed by atoms with Crippen LogP contribution in [0.1, 0.15) is 53.4 Å². The normalized spacial score (nSPS) is 20.0. The molecule has 94 valence electrons. The van der Waals surface area contributed by atoms with Gasteiger partial charge in [-0.05, 0) is 43.7 Å². The van der Waals surface area contributed by atoms with Gasteiger partial charge in [0.2, 0.25) is 0 Å². The third kappa shape index (κ3) is 4.25. The van der Waals surface area contributed by atoms with E-state index in [1.807, 2.05) is 0 Å². The number of ketones is 1. The van der Waals surface area contributed by atoms with E-state index in [0.29, 0.717) is 17.7 Å². The number of piperidine rings is 1. The number of hydrogen-bond acceptors (Lipinski definition) is 2. The monoisotopic (exact) mass is 225 g/mol. The van der Waals surface area contributed by atoms with Crippen LogP contribution in [-0.2, 0) is 4.79 Å². The maximum atomic E-state index is 11.5. The standard InChI is InChI=1S/C14H27NO/c1-5-6-13(16)11-15-9-7-12(8-10-15)14(2,3)4/h12H,5-11H2,1-4H3. The lowest BCUT2D eigenvalue weighted by molar-refractivity contribution is -0.120. The average molecular weight is 225 g/mol. The van der Waals surface area contributed by atoms with E-state index in [2.05, 4.69) is 32.6 Å². The Labute approximate surface area is 100 Å². The highest BCUT2D eigenvalue weighted by Gasteiger charge is 2.28. The highest BCUT2D eigenvalue weighted by atomic mass is 16.1. The van der Waals surface area contributed by atoms with Crippen LogP contribution in [0, 0.1) is 11.3 Å². The lowest BCUT2D eigenvalue weighted by atomic mass is 9.75. The lowest BCUT2D eigenvalue weighted by Crippen LogP contribution is -2.40. The van der Waals surface area contributed by atoms with Gasteiger partial charge in [-0.1, -0.05) is 27.7 Å². The third-order valence-corrected chi connectivity index (χ3v) is 3.74. The topological polar surface area (TPSA) is 20.3 Å². The van der Waals surface area contributed by atoms with Gasteiger partial charge in [0.1, 0.15) is 5.78 Å². The Hall–Kier alpha value is -0.370. The first-order valence-corrected chi connectivity index (χ1v) is 6.67. The van der Waals surface area contributed by atoms with Crippen LogP contribution in [-0.4, -0.2) is 30.3 Å². The SMILES string of the molecule is CCCC(=O)CN1CCC(C(C)(C)C)CC1. The summed E-state index contributed by atoms with van der Waals surface area (Å²) in [5.74, 6) is 1.24. The molecule has 0 bridgehead atoms. The molecule has 0 aliphatic carbocycles. The molecule has 0 aromatic rings. The largest absolute Gasteiger partial charge is 0.298 e. The van der Waals surface area contributed by atoms with Gasteiger partial charge in [-0.2, -0.15) is 0 Å². The van der Waals surface area contributed by atoms with Crippen LogP contribution >= 0.6 is 0 Å². The Morgan fingerprint density at radius 2 is 1.81 bits per heavy atom. The average Bonchev–Trinajstić information content (AvgIpc) is 2.17. The molecule has 1 aliphatic heterocycles. The molecule has 0 saturated carbocycles. The second kappa shape index (κ2) is 5.81. The van der Waals surface area contributed by atoms with E-state index in [1.54, 1.807) is 0 Å². The summed E-state index contributed by atoms with van der Waals surface area (Å²) in [7, 11) is 0. The summed E-state index contributed by atoms with van der Waals surface area (Å²) >= 11 is 0. The van der Waals surface area contributed by atoms with Gasteiger partial charge in [0.15, 0.2) is 0 Å². The second-order valence-electron chi connectivity index (χ2n) is 6.21. The van der Waals surface area contributed by atoms with Gasteiger partial charge in [0.25, 0.3) is 0 Å². The predicted molar refractivity (Wildman–Crippen MR) is 68.5 cm³/mol. The summed E-state index contributed by atoms with van der Waals surface area (Å²) in [6.07, 6.45) is 4.24. The maximum absolute atomic E-state index is 11.5. The fourth-order valence-corrected chi connectivity index (χ4v) is 2.56. The summed E-state index contributed by atoms with van der Waals surface area (Å²) in [5, 5.41) is 0. The van der Waals surface area contributed by atoms with Crippen molar-refractivity contribution in [1.82, 2.24) is 4.90 Å². The molecular formula is C14H27NO. The fraction of sp³-hybridized carbons (Fsp3) is 0.929. The van der Waals surface area contributed by atoms with Crippen molar-refractivity contribution < 1.29 is 4.79 Å². The maximum Gasteiger partial charge on any atom is 0.146 e. The van der Waals surface area contributed by atoms with Crippen molar-refractivity contribution in [2.24, 2.45) is 11.3 Å². The van der Waals surface area contributed by atoms with Crippen molar-refractivity contribution in [2.45, 2.75) is 53.4 Å². The van der Waals surface area contributed by atoms with E-state index in [-0.39, 0.29) is 0 Å². The van der Waals surface area contributed by atoms with Crippen molar-refractivity contribution in [2.75, 3.05) is 19.6 Å². The first-order chi connectivity index (χ1) is 7.43. The molecule has 2 nitrogen and oxygen atoms in total. The molecule has 1 aliphatic rings. The molecule has 2 heteroatoms. The number of likely N-dealkylation sites (tertiary alicyclic amines) is 1. The van der Waals surface area contributed by atoms with Crippen molar-refractivity contribution in [3.8, 4) is 0 Å². The van der Waals surface area contributed by atoms with Gasteiger partial charge < -0.3 is 0 Å². The highest BCUT2D eigenvalue weighted by Crippen LogP contribution is 2.34. The summed E-state index contributed by atoms with van der Waals surface area (Å²) in [5.41, 5.74) is 0.430. The van der Waals surface area contributed by atoms with Gasteiger partial charge >= 0.3 is 0 Å². The van der Waals surface area contributed by atoms with Crippen LogP contribution in [0.3, 0.4) is 0 Å². The second-order valence-corrected chi connectivity index (χ2v) is 6.21. The Balaban J connectivity index is 2.30. The van der Waals surface area contributed by atoms with Gasteiger partial charge in [0.05, 0.1) is 6.54 Å². The number of carbonyl (C=O) groups excluding carboxylic acids is 1. The Morgan fingerprint density at radius 3 is 2.25 bits per heavy atom. The van der Waals surface area contributed by atoms with E-state index in [4.69, 9.17) is 0 Å². The van der Waals surface area contributed by atoms with Gasteiger partial charge in [-0.3, -0.25) is 9.69 Å². The molecule has 1 fully saturated rings. The zero-order chi connectivity index (χ0) is 12.2. The minimum absolute atomic E-state index is 0.414. The van der Waals surface area contributed by atoms with Crippen LogP contribution in [0.4, 0.5) is 0 Å². The van der Waals surface area contributed by atoms with E-state index in [0.717, 1.165) is 31.8 Å². The van der Waals surface area contributed by atoms with E-state index in [9.17, 15) is 4.79 Å². The van der Waals surface area contributed by atoms with Gasteiger partial charge in [-0.15, -0.1) is 0 Å². The molecule has 0 N–H and O–H groups in total. The van der Waals surface area contributed by atoms with Crippen LogP contribution < -0.4 is 0 Å². The minimum Gasteiger partial charge on any atom is -0.298 e. The molecule has 0 radical (unpaired) electrons. The number of nitrogens with zero attached hydrogens (tertiary/aromatic N) is 1. The molecule has 0 unspecified atom stereocenters. The van der Waals surface area contributed by atoms with E-state index < -0.39 is 0 Å². The first kappa shape index (κ1) is 13.7. The van der Waals surface area contributed by atoms with Crippen molar-refractivity contribution >= 4 is 5.78 Å². The Morgan fingerprint density at radius 1 is 1.25 bits per heavy atom. The Kier molecular flexibility index (Phi) is 4.97. The quantitative estimate of drug-likeness (QED) is 0.732.